The van der Waals surface area contributed by atoms with Crippen LogP contribution in [0.1, 0.15) is 20.8 Å². The summed E-state index contributed by atoms with van der Waals surface area (Å²) in [5, 5.41) is 8.59. The summed E-state index contributed by atoms with van der Waals surface area (Å²) in [5.74, 6) is -1.36. The van der Waals surface area contributed by atoms with E-state index >= 15 is 0 Å². The minimum atomic E-state index is -0.849. The van der Waals surface area contributed by atoms with Gasteiger partial charge in [0.1, 0.15) is 0 Å². The lowest BCUT2D eigenvalue weighted by atomic mass is 10.0. The van der Waals surface area contributed by atoms with E-state index in [2.05, 4.69) is 13.2 Å². The second-order valence-corrected chi connectivity index (χ2v) is 2.17. The second-order valence-electron chi connectivity index (χ2n) is 2.17. The van der Waals surface area contributed by atoms with Gasteiger partial charge in [0, 0.05) is 0 Å². The van der Waals surface area contributed by atoms with E-state index in [1.807, 2.05) is 13.8 Å². The molecular weight excluding hydrogens is 164 g/mol. The van der Waals surface area contributed by atoms with E-state index in [1.54, 1.807) is 19.1 Å². The highest BCUT2D eigenvalue weighted by Gasteiger charge is 2.12. The summed E-state index contributed by atoms with van der Waals surface area (Å²) in [6, 6.07) is 0. The molecule has 0 aliphatic rings. The highest BCUT2D eigenvalue weighted by Crippen LogP contribution is 2.11. The fraction of sp³-hybridized carbons (Fsp3) is 0.364. The van der Waals surface area contributed by atoms with Crippen molar-refractivity contribution in [2.24, 2.45) is 5.92 Å². The van der Waals surface area contributed by atoms with Crippen LogP contribution < -0.4 is 0 Å². The molecule has 0 amide bonds. The normalized spacial score (nSPS) is 12.1. The first kappa shape index (κ1) is 14.2. The first-order valence-corrected chi connectivity index (χ1v) is 4.31. The van der Waals surface area contributed by atoms with Gasteiger partial charge in [0.05, 0.1) is 5.92 Å². The van der Waals surface area contributed by atoms with Gasteiger partial charge in [-0.3, -0.25) is 4.79 Å². The smallest absolute Gasteiger partial charge is 0.310 e. The average molecular weight is 182 g/mol. The van der Waals surface area contributed by atoms with E-state index in [9.17, 15) is 4.79 Å². The van der Waals surface area contributed by atoms with Gasteiger partial charge < -0.3 is 5.11 Å². The van der Waals surface area contributed by atoms with E-state index in [4.69, 9.17) is 5.11 Å². The number of carboxylic acid groups (broad SMARTS) is 1. The van der Waals surface area contributed by atoms with Crippen LogP contribution in [0, 0.1) is 5.92 Å². The zero-order valence-corrected chi connectivity index (χ0v) is 8.58. The zero-order chi connectivity index (χ0) is 10.9. The van der Waals surface area contributed by atoms with Crippen LogP contribution in [-0.2, 0) is 4.79 Å². The number of carboxylic acids is 1. The first-order chi connectivity index (χ1) is 6.13. The molecule has 0 bridgehead atoms. The third-order valence-electron chi connectivity index (χ3n) is 1.42. The van der Waals surface area contributed by atoms with Crippen LogP contribution >= 0.6 is 0 Å². The molecular formula is C11H18O2. The Morgan fingerprint density at radius 3 is 2.08 bits per heavy atom. The van der Waals surface area contributed by atoms with Crippen LogP contribution in [0.3, 0.4) is 0 Å². The average Bonchev–Trinajstić information content (AvgIpc) is 2.16. The molecule has 2 nitrogen and oxygen atoms in total. The van der Waals surface area contributed by atoms with Crippen molar-refractivity contribution in [2.75, 3.05) is 0 Å². The predicted octanol–water partition coefficient (Wildman–Crippen LogP) is 3.03. The minimum absolute atomic E-state index is 0.509. The quantitative estimate of drug-likeness (QED) is 0.678. The van der Waals surface area contributed by atoms with Crippen molar-refractivity contribution in [3.63, 3.8) is 0 Å². The van der Waals surface area contributed by atoms with E-state index in [0.29, 0.717) is 5.57 Å². The Kier molecular flexibility index (Phi) is 9.61. The molecule has 2 heteroatoms. The third kappa shape index (κ3) is 5.91. The van der Waals surface area contributed by atoms with Gasteiger partial charge in [0.2, 0.25) is 0 Å². The summed E-state index contributed by atoms with van der Waals surface area (Å²) >= 11 is 0. The Labute approximate surface area is 80.3 Å². The fourth-order valence-electron chi connectivity index (χ4n) is 0.668. The Hall–Kier alpha value is -1.31. The lowest BCUT2D eigenvalue weighted by Crippen LogP contribution is -2.10. The Morgan fingerprint density at radius 1 is 1.38 bits per heavy atom. The number of hydrogen-bond donors (Lipinski definition) is 1. The monoisotopic (exact) mass is 182 g/mol. The van der Waals surface area contributed by atoms with Gasteiger partial charge in [-0.15, -0.1) is 0 Å². The van der Waals surface area contributed by atoms with Crippen LogP contribution in [0.4, 0.5) is 0 Å². The molecule has 0 heterocycles. The maximum atomic E-state index is 10.5. The van der Waals surface area contributed by atoms with Crippen molar-refractivity contribution in [1.82, 2.24) is 0 Å². The summed E-state index contributed by atoms with van der Waals surface area (Å²) in [7, 11) is 0. The van der Waals surface area contributed by atoms with Crippen molar-refractivity contribution in [3.8, 4) is 0 Å². The molecule has 13 heavy (non-hydrogen) atoms. The van der Waals surface area contributed by atoms with E-state index < -0.39 is 11.9 Å². The molecule has 1 atom stereocenters. The largest absolute Gasteiger partial charge is 0.481 e. The van der Waals surface area contributed by atoms with Gasteiger partial charge >= 0.3 is 5.97 Å². The maximum absolute atomic E-state index is 10.5. The molecule has 74 valence electrons. The van der Waals surface area contributed by atoms with Crippen LogP contribution in [0.15, 0.2) is 37.0 Å². The van der Waals surface area contributed by atoms with E-state index in [-0.39, 0.29) is 0 Å². The second kappa shape index (κ2) is 8.78. The molecule has 0 radical (unpaired) electrons. The summed E-state index contributed by atoms with van der Waals surface area (Å²) in [6.07, 6.45) is 4.72. The maximum Gasteiger partial charge on any atom is 0.310 e. The van der Waals surface area contributed by atoms with Crippen molar-refractivity contribution in [3.05, 3.63) is 37.0 Å². The van der Waals surface area contributed by atoms with Crippen molar-refractivity contribution in [1.29, 1.82) is 0 Å². The van der Waals surface area contributed by atoms with Gasteiger partial charge in [-0.25, -0.2) is 0 Å². The zero-order valence-electron chi connectivity index (χ0n) is 8.58. The van der Waals surface area contributed by atoms with Crippen LogP contribution in [0.5, 0.6) is 0 Å². The number of carbonyl (C=O) groups is 1. The van der Waals surface area contributed by atoms with Crippen molar-refractivity contribution in [2.45, 2.75) is 20.8 Å². The summed E-state index contributed by atoms with van der Waals surface area (Å²) < 4.78 is 0. The number of hydrogen-bond acceptors (Lipinski definition) is 1. The van der Waals surface area contributed by atoms with E-state index in [0.717, 1.165) is 0 Å². The molecule has 0 saturated carbocycles. The molecule has 0 aliphatic carbocycles. The summed E-state index contributed by atoms with van der Waals surface area (Å²) in [5.41, 5.74) is 0.674. The Bertz CT molecular complexity index is 202. The molecule has 0 aliphatic heterocycles. The molecule has 1 unspecified atom stereocenters. The summed E-state index contributed by atoms with van der Waals surface area (Å²) in [6.45, 7) is 12.6. The van der Waals surface area contributed by atoms with Gasteiger partial charge in [0.25, 0.3) is 0 Å². The number of allylic oxidation sites excluding steroid dienone is 3. The van der Waals surface area contributed by atoms with Crippen LogP contribution in [-0.4, -0.2) is 11.1 Å². The first-order valence-electron chi connectivity index (χ1n) is 4.31. The molecule has 1 N–H and O–H groups in total. The molecule has 0 saturated heterocycles. The number of rotatable bonds is 4. The topological polar surface area (TPSA) is 37.3 Å². The lowest BCUT2D eigenvalue weighted by Gasteiger charge is -2.04. The minimum Gasteiger partial charge on any atom is -0.481 e. The van der Waals surface area contributed by atoms with Gasteiger partial charge in [-0.2, -0.15) is 0 Å². The van der Waals surface area contributed by atoms with Gasteiger partial charge in [0.15, 0.2) is 0 Å². The molecule has 0 aromatic heterocycles. The molecule has 0 fully saturated rings. The van der Waals surface area contributed by atoms with Crippen LogP contribution in [0.2, 0.25) is 0 Å². The van der Waals surface area contributed by atoms with Gasteiger partial charge in [-0.1, -0.05) is 45.2 Å². The summed E-state index contributed by atoms with van der Waals surface area (Å²) in [4.78, 5) is 10.5. The Balaban J connectivity index is 0. The predicted molar refractivity (Wildman–Crippen MR) is 56.6 cm³/mol. The number of aliphatic carboxylic acids is 1. The lowest BCUT2D eigenvalue weighted by molar-refractivity contribution is -0.139. The SMILES string of the molecule is C=C/C=C(\C=C)C(C)C(=O)O.CC. The van der Waals surface area contributed by atoms with Crippen LogP contribution in [0.25, 0.3) is 0 Å². The third-order valence-corrected chi connectivity index (χ3v) is 1.42. The standard InChI is InChI=1S/C9H12O2.C2H6/c1-4-6-8(5-2)7(3)9(10)11;1-2/h4-7H,1-2H2,3H3,(H,10,11);1-2H3/b8-6+;. The Morgan fingerprint density at radius 2 is 1.85 bits per heavy atom. The fourth-order valence-corrected chi connectivity index (χ4v) is 0.668. The van der Waals surface area contributed by atoms with Crippen molar-refractivity contribution >= 4 is 5.97 Å². The van der Waals surface area contributed by atoms with Gasteiger partial charge in [-0.05, 0) is 12.5 Å². The highest BCUT2D eigenvalue weighted by molar-refractivity contribution is 5.74. The molecule has 0 aromatic carbocycles. The molecule has 0 rings (SSSR count). The van der Waals surface area contributed by atoms with E-state index in [1.165, 1.54) is 6.08 Å². The highest BCUT2D eigenvalue weighted by atomic mass is 16.4. The van der Waals surface area contributed by atoms with Crippen molar-refractivity contribution < 1.29 is 9.90 Å². The molecule has 0 spiro atoms. The molecule has 0 aromatic rings.